The molecule has 2 aromatic carbocycles. The number of benzene rings is 2. The fraction of sp³-hybridized carbons (Fsp3) is 0.0588. The van der Waals surface area contributed by atoms with Crippen molar-refractivity contribution >= 4 is 29.0 Å². The summed E-state index contributed by atoms with van der Waals surface area (Å²) in [5, 5.41) is 14.9. The SMILES string of the molecule is O=[N+]([O-])c1c(Nc2ccc3c(c2)OCO3)ncnc1Sc1ccccc1. The Morgan fingerprint density at radius 1 is 1.08 bits per heavy atom. The minimum absolute atomic E-state index is 0.113. The van der Waals surface area contributed by atoms with Crippen molar-refractivity contribution in [3.05, 3.63) is 65.0 Å². The molecule has 3 aromatic rings. The number of anilines is 2. The zero-order valence-electron chi connectivity index (χ0n) is 13.3. The van der Waals surface area contributed by atoms with E-state index in [1.165, 1.54) is 18.1 Å². The molecule has 26 heavy (non-hydrogen) atoms. The minimum Gasteiger partial charge on any atom is -0.454 e. The molecule has 9 heteroatoms. The van der Waals surface area contributed by atoms with Crippen LogP contribution in [0.15, 0.2) is 64.8 Å². The zero-order chi connectivity index (χ0) is 17.9. The number of hydrogen-bond acceptors (Lipinski definition) is 8. The van der Waals surface area contributed by atoms with Gasteiger partial charge in [0.25, 0.3) is 0 Å². The van der Waals surface area contributed by atoms with Gasteiger partial charge in [0.15, 0.2) is 16.5 Å². The number of hydrogen-bond donors (Lipinski definition) is 1. The van der Waals surface area contributed by atoms with E-state index in [1.807, 2.05) is 30.3 Å². The molecule has 0 amide bonds. The van der Waals surface area contributed by atoms with Gasteiger partial charge in [-0.25, -0.2) is 9.97 Å². The maximum absolute atomic E-state index is 11.6. The zero-order valence-corrected chi connectivity index (χ0v) is 14.1. The van der Waals surface area contributed by atoms with E-state index in [2.05, 4.69) is 15.3 Å². The molecule has 0 saturated heterocycles. The molecule has 0 radical (unpaired) electrons. The van der Waals surface area contributed by atoms with Gasteiger partial charge in [-0.3, -0.25) is 10.1 Å². The van der Waals surface area contributed by atoms with Crippen molar-refractivity contribution in [2.75, 3.05) is 12.1 Å². The summed E-state index contributed by atoms with van der Waals surface area (Å²) in [6.45, 7) is 0.157. The van der Waals surface area contributed by atoms with Crippen LogP contribution in [0.4, 0.5) is 17.2 Å². The van der Waals surface area contributed by atoms with Crippen LogP contribution in [0, 0.1) is 10.1 Å². The van der Waals surface area contributed by atoms with Gasteiger partial charge >= 0.3 is 5.69 Å². The first-order chi connectivity index (χ1) is 12.7. The lowest BCUT2D eigenvalue weighted by atomic mass is 10.2. The molecular weight excluding hydrogens is 356 g/mol. The number of rotatable bonds is 5. The van der Waals surface area contributed by atoms with E-state index in [0.717, 1.165) is 4.90 Å². The Hall–Kier alpha value is -3.33. The van der Waals surface area contributed by atoms with Gasteiger partial charge in [-0.2, -0.15) is 0 Å². The summed E-state index contributed by atoms with van der Waals surface area (Å²) in [6.07, 6.45) is 1.30. The van der Waals surface area contributed by atoms with Crippen molar-refractivity contribution in [3.8, 4) is 11.5 Å². The summed E-state index contributed by atoms with van der Waals surface area (Å²) in [4.78, 5) is 20.1. The van der Waals surface area contributed by atoms with Crippen LogP contribution in [0.2, 0.25) is 0 Å². The van der Waals surface area contributed by atoms with Crippen molar-refractivity contribution in [1.29, 1.82) is 0 Å². The molecule has 1 N–H and O–H groups in total. The van der Waals surface area contributed by atoms with E-state index in [0.29, 0.717) is 17.2 Å². The maximum atomic E-state index is 11.6. The monoisotopic (exact) mass is 368 g/mol. The number of nitro groups is 1. The highest BCUT2D eigenvalue weighted by atomic mass is 32.2. The smallest absolute Gasteiger partial charge is 0.343 e. The molecule has 0 unspecified atom stereocenters. The average molecular weight is 368 g/mol. The first-order valence-electron chi connectivity index (χ1n) is 7.59. The van der Waals surface area contributed by atoms with Crippen molar-refractivity contribution in [2.45, 2.75) is 9.92 Å². The van der Waals surface area contributed by atoms with Gasteiger partial charge in [-0.1, -0.05) is 30.0 Å². The van der Waals surface area contributed by atoms with Gasteiger partial charge in [0.2, 0.25) is 12.6 Å². The van der Waals surface area contributed by atoms with Crippen molar-refractivity contribution < 1.29 is 14.4 Å². The van der Waals surface area contributed by atoms with Crippen LogP contribution in [0.5, 0.6) is 11.5 Å². The highest BCUT2D eigenvalue weighted by Crippen LogP contribution is 2.39. The fourth-order valence-electron chi connectivity index (χ4n) is 2.40. The van der Waals surface area contributed by atoms with E-state index < -0.39 is 4.92 Å². The van der Waals surface area contributed by atoms with Crippen LogP contribution in [0.1, 0.15) is 0 Å². The van der Waals surface area contributed by atoms with Gasteiger partial charge in [0, 0.05) is 16.6 Å². The Labute approximate surface area is 152 Å². The Morgan fingerprint density at radius 2 is 1.88 bits per heavy atom. The third kappa shape index (κ3) is 3.24. The summed E-state index contributed by atoms with van der Waals surface area (Å²) in [5.41, 5.74) is 0.422. The summed E-state index contributed by atoms with van der Waals surface area (Å²) in [6, 6.07) is 14.5. The van der Waals surface area contributed by atoms with E-state index in [9.17, 15) is 10.1 Å². The molecule has 0 atom stereocenters. The molecule has 1 aromatic heterocycles. The molecule has 1 aliphatic rings. The highest BCUT2D eigenvalue weighted by molar-refractivity contribution is 7.99. The first kappa shape index (κ1) is 16.2. The second-order valence-electron chi connectivity index (χ2n) is 5.24. The van der Waals surface area contributed by atoms with Gasteiger partial charge in [-0.15, -0.1) is 0 Å². The standard InChI is InChI=1S/C17H12N4O4S/c22-21(23)15-16(20-11-6-7-13-14(8-11)25-10-24-13)18-9-19-17(15)26-12-4-2-1-3-5-12/h1-9H,10H2,(H,18,19,20). The maximum Gasteiger partial charge on any atom is 0.343 e. The number of fused-ring (bicyclic) bond motifs is 1. The second-order valence-corrected chi connectivity index (χ2v) is 6.30. The number of aromatic nitrogens is 2. The van der Waals surface area contributed by atoms with Crippen LogP contribution in [-0.4, -0.2) is 21.7 Å². The van der Waals surface area contributed by atoms with E-state index in [-0.39, 0.29) is 23.3 Å². The van der Waals surface area contributed by atoms with Crippen LogP contribution < -0.4 is 14.8 Å². The molecule has 0 spiro atoms. The third-order valence-electron chi connectivity index (χ3n) is 3.56. The van der Waals surface area contributed by atoms with Crippen molar-refractivity contribution in [1.82, 2.24) is 9.97 Å². The van der Waals surface area contributed by atoms with Crippen LogP contribution in [0.25, 0.3) is 0 Å². The lowest BCUT2D eigenvalue weighted by Gasteiger charge is -2.09. The first-order valence-corrected chi connectivity index (χ1v) is 8.41. The largest absolute Gasteiger partial charge is 0.454 e. The van der Waals surface area contributed by atoms with Gasteiger partial charge in [-0.05, 0) is 24.3 Å². The second kappa shape index (κ2) is 6.89. The summed E-state index contributed by atoms with van der Waals surface area (Å²) >= 11 is 1.21. The third-order valence-corrected chi connectivity index (χ3v) is 4.56. The van der Waals surface area contributed by atoms with Crippen molar-refractivity contribution in [3.63, 3.8) is 0 Å². The predicted molar refractivity (Wildman–Crippen MR) is 95.1 cm³/mol. The predicted octanol–water partition coefficient (Wildman–Crippen LogP) is 4.01. The van der Waals surface area contributed by atoms with Crippen LogP contribution in [0.3, 0.4) is 0 Å². The molecule has 0 saturated carbocycles. The Kier molecular flexibility index (Phi) is 4.28. The van der Waals surface area contributed by atoms with Gasteiger partial charge < -0.3 is 14.8 Å². The van der Waals surface area contributed by atoms with E-state index in [1.54, 1.807) is 18.2 Å². The van der Waals surface area contributed by atoms with E-state index in [4.69, 9.17) is 9.47 Å². The molecule has 0 bridgehead atoms. The lowest BCUT2D eigenvalue weighted by molar-refractivity contribution is -0.387. The van der Waals surface area contributed by atoms with Crippen LogP contribution >= 0.6 is 11.8 Å². The van der Waals surface area contributed by atoms with Gasteiger partial charge in [0.05, 0.1) is 4.92 Å². The number of ether oxygens (including phenoxy) is 2. The summed E-state index contributed by atoms with van der Waals surface area (Å²) < 4.78 is 10.6. The fourth-order valence-corrected chi connectivity index (χ4v) is 3.29. The van der Waals surface area contributed by atoms with Crippen LogP contribution in [-0.2, 0) is 0 Å². The normalized spacial score (nSPS) is 12.0. The molecule has 8 nitrogen and oxygen atoms in total. The Bertz CT molecular complexity index is 968. The van der Waals surface area contributed by atoms with E-state index >= 15 is 0 Å². The topological polar surface area (TPSA) is 99.4 Å². The molecule has 1 aliphatic heterocycles. The number of nitrogens with one attached hydrogen (secondary N) is 1. The summed E-state index contributed by atoms with van der Waals surface area (Å²) in [5.74, 6) is 1.32. The molecule has 2 heterocycles. The quantitative estimate of drug-likeness (QED) is 0.410. The van der Waals surface area contributed by atoms with Gasteiger partial charge in [0.1, 0.15) is 6.33 Å². The molecule has 0 fully saturated rings. The molecule has 130 valence electrons. The minimum atomic E-state index is -0.486. The molecule has 0 aliphatic carbocycles. The average Bonchev–Trinajstić information content (AvgIpc) is 3.10. The molecular formula is C17H12N4O4S. The lowest BCUT2D eigenvalue weighted by Crippen LogP contribution is -2.02. The Morgan fingerprint density at radius 3 is 2.69 bits per heavy atom. The Balaban J connectivity index is 1.67. The van der Waals surface area contributed by atoms with Crippen molar-refractivity contribution in [2.24, 2.45) is 0 Å². The number of nitrogens with zero attached hydrogens (tertiary/aromatic N) is 3. The highest BCUT2D eigenvalue weighted by Gasteiger charge is 2.24. The molecule has 4 rings (SSSR count). The summed E-state index contributed by atoms with van der Waals surface area (Å²) in [7, 11) is 0.